The fourth-order valence-electron chi connectivity index (χ4n) is 4.49. The molecule has 2 aromatic heterocycles. The molecule has 0 spiro atoms. The Morgan fingerprint density at radius 1 is 1.15 bits per heavy atom. The van der Waals surface area contributed by atoms with Crippen LogP contribution in [0.5, 0.6) is 0 Å². The fraction of sp³-hybridized carbons (Fsp3) is 0.385. The van der Waals surface area contributed by atoms with Gasteiger partial charge in [-0.25, -0.2) is 4.79 Å². The number of hydrogen-bond acceptors (Lipinski definition) is 5. The Bertz CT molecular complexity index is 1240. The number of hydrogen-bond donors (Lipinski definition) is 1. The van der Waals surface area contributed by atoms with Gasteiger partial charge in [-0.2, -0.15) is 0 Å². The number of nitrogens with zero attached hydrogens (tertiary/aromatic N) is 2. The van der Waals surface area contributed by atoms with Crippen LogP contribution in [-0.2, 0) is 29.4 Å². The second kappa shape index (κ2) is 8.81. The second-order valence-electron chi connectivity index (χ2n) is 9.69. The predicted molar refractivity (Wildman–Crippen MR) is 125 cm³/mol. The molecule has 0 aliphatic heterocycles. The summed E-state index contributed by atoms with van der Waals surface area (Å²) in [7, 11) is 1.71. The lowest BCUT2D eigenvalue weighted by atomic mass is 9.70. The Kier molecular flexibility index (Phi) is 6.06. The summed E-state index contributed by atoms with van der Waals surface area (Å²) < 4.78 is 7.00. The first kappa shape index (κ1) is 22.7. The molecule has 0 bridgehead atoms. The van der Waals surface area contributed by atoms with E-state index in [0.717, 1.165) is 41.4 Å². The van der Waals surface area contributed by atoms with Crippen molar-refractivity contribution in [1.29, 1.82) is 0 Å². The summed E-state index contributed by atoms with van der Waals surface area (Å²) in [6, 6.07) is 10.8. The number of rotatable bonds is 4. The number of carbonyl (C=O) groups excluding carboxylic acids is 3. The maximum atomic E-state index is 13.2. The molecule has 1 aliphatic carbocycles. The van der Waals surface area contributed by atoms with Crippen molar-refractivity contribution < 1.29 is 19.1 Å². The van der Waals surface area contributed by atoms with Gasteiger partial charge in [0.25, 0.3) is 11.8 Å². The highest BCUT2D eigenvalue weighted by atomic mass is 16.5. The maximum absolute atomic E-state index is 13.2. The quantitative estimate of drug-likeness (QED) is 0.614. The van der Waals surface area contributed by atoms with E-state index in [-0.39, 0.29) is 5.41 Å². The summed E-state index contributed by atoms with van der Waals surface area (Å²) in [5.74, 6) is -1.37. The van der Waals surface area contributed by atoms with Crippen molar-refractivity contribution in [3.8, 4) is 0 Å². The first-order chi connectivity index (χ1) is 15.6. The van der Waals surface area contributed by atoms with E-state index in [4.69, 9.17) is 9.72 Å². The number of nitrogens with one attached hydrogen (secondary N) is 1. The van der Waals surface area contributed by atoms with Crippen molar-refractivity contribution in [1.82, 2.24) is 14.9 Å². The first-order valence-corrected chi connectivity index (χ1v) is 11.2. The number of fused-ring (bicyclic) bond motifs is 2. The standard InChI is InChI=1S/C26H29N3O4/c1-26(2,3)16-11-12-20-18(14-16)23(17-8-5-6-9-19(17)27-20)25(32)33-15-22(30)28-24(31)21-10-7-13-29(21)4/h5-10,13,16H,11-12,14-15H2,1-4H3,(H,28,30,31)/t16-/m1/s1. The number of aromatic nitrogens is 2. The van der Waals surface area contributed by atoms with Crippen molar-refractivity contribution in [2.45, 2.75) is 40.0 Å². The average molecular weight is 448 g/mol. The lowest BCUT2D eigenvalue weighted by molar-refractivity contribution is -0.123. The van der Waals surface area contributed by atoms with Crippen LogP contribution in [-0.4, -0.2) is 33.9 Å². The monoisotopic (exact) mass is 447 g/mol. The number of esters is 1. The minimum atomic E-state index is -0.672. The summed E-state index contributed by atoms with van der Waals surface area (Å²) in [5, 5.41) is 2.99. The van der Waals surface area contributed by atoms with Crippen LogP contribution in [0.3, 0.4) is 0 Å². The molecule has 7 nitrogen and oxygen atoms in total. The largest absolute Gasteiger partial charge is 0.452 e. The number of para-hydroxylation sites is 1. The zero-order valence-corrected chi connectivity index (χ0v) is 19.5. The third-order valence-electron chi connectivity index (χ3n) is 6.45. The Balaban J connectivity index is 1.57. The van der Waals surface area contributed by atoms with Crippen LogP contribution < -0.4 is 5.32 Å². The minimum Gasteiger partial charge on any atom is -0.452 e. The molecule has 33 heavy (non-hydrogen) atoms. The normalized spacial score (nSPS) is 15.7. The van der Waals surface area contributed by atoms with E-state index < -0.39 is 24.4 Å². The Morgan fingerprint density at radius 3 is 2.61 bits per heavy atom. The van der Waals surface area contributed by atoms with Crippen molar-refractivity contribution in [2.24, 2.45) is 18.4 Å². The molecule has 1 atom stereocenters. The predicted octanol–water partition coefficient (Wildman–Crippen LogP) is 3.84. The van der Waals surface area contributed by atoms with Gasteiger partial charge < -0.3 is 9.30 Å². The summed E-state index contributed by atoms with van der Waals surface area (Å²) in [4.78, 5) is 42.6. The van der Waals surface area contributed by atoms with E-state index in [2.05, 4.69) is 26.1 Å². The molecule has 2 heterocycles. The topological polar surface area (TPSA) is 90.3 Å². The van der Waals surface area contributed by atoms with Crippen LogP contribution in [0, 0.1) is 11.3 Å². The second-order valence-corrected chi connectivity index (χ2v) is 9.69. The highest BCUT2D eigenvalue weighted by Gasteiger charge is 2.33. The lowest BCUT2D eigenvalue weighted by Crippen LogP contribution is -2.35. The van der Waals surface area contributed by atoms with E-state index in [1.807, 2.05) is 24.3 Å². The minimum absolute atomic E-state index is 0.0989. The van der Waals surface area contributed by atoms with Gasteiger partial charge in [0.2, 0.25) is 0 Å². The molecular formula is C26H29N3O4. The average Bonchev–Trinajstić information content (AvgIpc) is 3.20. The fourth-order valence-corrected chi connectivity index (χ4v) is 4.49. The Labute approximate surface area is 193 Å². The van der Waals surface area contributed by atoms with Gasteiger partial charge in [0.1, 0.15) is 5.69 Å². The zero-order valence-electron chi connectivity index (χ0n) is 19.5. The molecule has 3 aromatic rings. The molecule has 0 radical (unpaired) electrons. The van der Waals surface area contributed by atoms with Gasteiger partial charge in [0.05, 0.1) is 11.1 Å². The number of carbonyl (C=O) groups is 3. The molecule has 7 heteroatoms. The van der Waals surface area contributed by atoms with Gasteiger partial charge in [0.15, 0.2) is 6.61 Å². The molecule has 0 unspecified atom stereocenters. The van der Waals surface area contributed by atoms with Crippen LogP contribution in [0.25, 0.3) is 10.9 Å². The number of pyridine rings is 1. The highest BCUT2D eigenvalue weighted by molar-refractivity contribution is 6.07. The highest BCUT2D eigenvalue weighted by Crippen LogP contribution is 2.39. The van der Waals surface area contributed by atoms with Gasteiger partial charge in [-0.15, -0.1) is 0 Å². The smallest absolute Gasteiger partial charge is 0.339 e. The molecule has 4 rings (SSSR count). The van der Waals surface area contributed by atoms with Crippen molar-refractivity contribution >= 4 is 28.7 Å². The van der Waals surface area contributed by atoms with Crippen LogP contribution in [0.15, 0.2) is 42.6 Å². The van der Waals surface area contributed by atoms with E-state index >= 15 is 0 Å². The van der Waals surface area contributed by atoms with E-state index in [9.17, 15) is 14.4 Å². The molecule has 0 fully saturated rings. The van der Waals surface area contributed by atoms with Crippen LogP contribution >= 0.6 is 0 Å². The summed E-state index contributed by atoms with van der Waals surface area (Å²) in [6.07, 6.45) is 4.26. The maximum Gasteiger partial charge on any atom is 0.339 e. The number of ether oxygens (including phenoxy) is 1. The number of amides is 2. The molecular weight excluding hydrogens is 418 g/mol. The summed E-state index contributed by atoms with van der Waals surface area (Å²) >= 11 is 0. The van der Waals surface area contributed by atoms with Gasteiger partial charge in [0, 0.05) is 24.3 Å². The number of aryl methyl sites for hydroxylation is 2. The number of benzene rings is 1. The molecule has 0 saturated heterocycles. The molecule has 1 aromatic carbocycles. The van der Waals surface area contributed by atoms with E-state index in [1.165, 1.54) is 0 Å². The van der Waals surface area contributed by atoms with Gasteiger partial charge >= 0.3 is 5.97 Å². The third-order valence-corrected chi connectivity index (χ3v) is 6.45. The Morgan fingerprint density at radius 2 is 1.91 bits per heavy atom. The lowest BCUT2D eigenvalue weighted by Gasteiger charge is -2.35. The van der Waals surface area contributed by atoms with E-state index in [1.54, 1.807) is 29.9 Å². The van der Waals surface area contributed by atoms with Crippen LogP contribution in [0.1, 0.15) is 59.3 Å². The molecule has 0 saturated carbocycles. The first-order valence-electron chi connectivity index (χ1n) is 11.2. The Hall–Kier alpha value is -3.48. The number of imide groups is 1. The summed E-state index contributed by atoms with van der Waals surface area (Å²) in [6.45, 7) is 6.10. The van der Waals surface area contributed by atoms with Gasteiger partial charge in [-0.05, 0) is 54.4 Å². The van der Waals surface area contributed by atoms with Crippen molar-refractivity contribution in [3.63, 3.8) is 0 Å². The summed E-state index contributed by atoms with van der Waals surface area (Å²) in [5.41, 5.74) is 3.49. The zero-order chi connectivity index (χ0) is 23.8. The van der Waals surface area contributed by atoms with E-state index in [0.29, 0.717) is 17.2 Å². The molecule has 2 amide bonds. The van der Waals surface area contributed by atoms with Gasteiger partial charge in [-0.1, -0.05) is 39.0 Å². The van der Waals surface area contributed by atoms with Crippen LogP contribution in [0.2, 0.25) is 0 Å². The van der Waals surface area contributed by atoms with Crippen molar-refractivity contribution in [3.05, 3.63) is 65.1 Å². The van der Waals surface area contributed by atoms with Crippen molar-refractivity contribution in [2.75, 3.05) is 6.61 Å². The SMILES string of the molecule is Cn1cccc1C(=O)NC(=O)COC(=O)c1c2c(nc3ccccc13)CC[C@@H](C(C)(C)C)C2. The van der Waals surface area contributed by atoms with Crippen LogP contribution in [0.4, 0.5) is 0 Å². The third kappa shape index (κ3) is 4.67. The molecule has 172 valence electrons. The van der Waals surface area contributed by atoms with Gasteiger partial charge in [-0.3, -0.25) is 19.9 Å². The molecule has 1 aliphatic rings. The molecule has 1 N–H and O–H groups in total.